The van der Waals surface area contributed by atoms with Crippen LogP contribution in [-0.4, -0.2) is 74.2 Å². The molecule has 1 aliphatic rings. The van der Waals surface area contributed by atoms with Crippen LogP contribution in [0.4, 0.5) is 13.2 Å². The maximum atomic E-state index is 14.9. The zero-order chi connectivity index (χ0) is 29.9. The number of rotatable bonds is 11. The Bertz CT molecular complexity index is 1360. The molecular formula is C30H37F3N4O4. The SMILES string of the molecule is C[C@H](O)C(=O)N(C[C@@H]1CNC[C@@H]1F)[C@@H](c1nc(-c2cc(F)ccc2F)cn1Cc1cccc(O)c1)C(C)(C)CCO. The first-order chi connectivity index (χ1) is 19.4. The number of nitrogens with one attached hydrogen (secondary N) is 1. The Morgan fingerprint density at radius 2 is 1.98 bits per heavy atom. The van der Waals surface area contributed by atoms with Gasteiger partial charge in [0.05, 0.1) is 11.7 Å². The Morgan fingerprint density at radius 1 is 1.22 bits per heavy atom. The van der Waals surface area contributed by atoms with E-state index in [9.17, 15) is 33.3 Å². The van der Waals surface area contributed by atoms with Gasteiger partial charge in [-0.2, -0.15) is 0 Å². The third-order valence-electron chi connectivity index (χ3n) is 7.66. The van der Waals surface area contributed by atoms with Gasteiger partial charge in [0.15, 0.2) is 0 Å². The summed E-state index contributed by atoms with van der Waals surface area (Å²) in [5, 5.41) is 33.4. The van der Waals surface area contributed by atoms with Crippen LogP contribution in [0.3, 0.4) is 0 Å². The van der Waals surface area contributed by atoms with Crippen molar-refractivity contribution in [3.05, 3.63) is 71.7 Å². The van der Waals surface area contributed by atoms with E-state index >= 15 is 0 Å². The van der Waals surface area contributed by atoms with Crippen molar-refractivity contribution < 1.29 is 33.3 Å². The number of carbonyl (C=O) groups excluding carboxylic acids is 1. The average molecular weight is 575 g/mol. The van der Waals surface area contributed by atoms with Crippen molar-refractivity contribution in [1.82, 2.24) is 19.8 Å². The molecule has 41 heavy (non-hydrogen) atoms. The van der Waals surface area contributed by atoms with E-state index in [4.69, 9.17) is 4.98 Å². The fourth-order valence-electron chi connectivity index (χ4n) is 5.48. The summed E-state index contributed by atoms with van der Waals surface area (Å²) < 4.78 is 45.6. The molecule has 0 radical (unpaired) electrons. The number of hydrogen-bond donors (Lipinski definition) is 4. The third kappa shape index (κ3) is 6.91. The number of amides is 1. The monoisotopic (exact) mass is 574 g/mol. The van der Waals surface area contributed by atoms with Crippen LogP contribution in [0.1, 0.15) is 44.6 Å². The number of imidazole rings is 1. The van der Waals surface area contributed by atoms with Crippen molar-refractivity contribution >= 4 is 5.91 Å². The summed E-state index contributed by atoms with van der Waals surface area (Å²) in [4.78, 5) is 19.7. The van der Waals surface area contributed by atoms with Crippen molar-refractivity contribution in [1.29, 1.82) is 0 Å². The molecule has 8 nitrogen and oxygen atoms in total. The molecule has 1 aromatic heterocycles. The van der Waals surface area contributed by atoms with Gasteiger partial charge in [-0.3, -0.25) is 4.79 Å². The highest BCUT2D eigenvalue weighted by atomic mass is 19.1. The van der Waals surface area contributed by atoms with E-state index in [1.54, 1.807) is 29.0 Å². The van der Waals surface area contributed by atoms with Gasteiger partial charge in [-0.25, -0.2) is 18.2 Å². The molecule has 1 fully saturated rings. The summed E-state index contributed by atoms with van der Waals surface area (Å²) in [5.74, 6) is -2.24. The summed E-state index contributed by atoms with van der Waals surface area (Å²) in [6.45, 7) is 5.33. The van der Waals surface area contributed by atoms with Gasteiger partial charge in [0.2, 0.25) is 0 Å². The number of hydrogen-bond acceptors (Lipinski definition) is 6. The first-order valence-electron chi connectivity index (χ1n) is 13.7. The zero-order valence-electron chi connectivity index (χ0n) is 23.4. The minimum atomic E-state index is -1.41. The highest BCUT2D eigenvalue weighted by Gasteiger charge is 2.44. The van der Waals surface area contributed by atoms with E-state index in [-0.39, 0.29) is 55.5 Å². The van der Waals surface area contributed by atoms with Gasteiger partial charge in [0.1, 0.15) is 35.5 Å². The maximum Gasteiger partial charge on any atom is 0.251 e. The normalized spacial score (nSPS) is 18.8. The Kier molecular flexibility index (Phi) is 9.41. The third-order valence-corrected chi connectivity index (χ3v) is 7.66. The molecule has 0 bridgehead atoms. The summed E-state index contributed by atoms with van der Waals surface area (Å²) in [7, 11) is 0. The van der Waals surface area contributed by atoms with Gasteiger partial charge in [-0.1, -0.05) is 26.0 Å². The fourth-order valence-corrected chi connectivity index (χ4v) is 5.48. The first kappa shape index (κ1) is 30.5. The quantitative estimate of drug-likeness (QED) is 0.277. The highest BCUT2D eigenvalue weighted by molar-refractivity contribution is 5.80. The van der Waals surface area contributed by atoms with Crippen LogP contribution in [-0.2, 0) is 11.3 Å². The van der Waals surface area contributed by atoms with Gasteiger partial charge in [-0.05, 0) is 54.7 Å². The molecule has 1 aliphatic heterocycles. The van der Waals surface area contributed by atoms with Crippen LogP contribution in [0.25, 0.3) is 11.3 Å². The summed E-state index contributed by atoms with van der Waals surface area (Å²) >= 11 is 0. The number of nitrogens with zero attached hydrogens (tertiary/aromatic N) is 3. The van der Waals surface area contributed by atoms with E-state index < -0.39 is 47.2 Å². The van der Waals surface area contributed by atoms with Gasteiger partial charge in [0.25, 0.3) is 5.91 Å². The number of aromatic nitrogens is 2. The summed E-state index contributed by atoms with van der Waals surface area (Å²) in [5.41, 5.74) is -0.170. The van der Waals surface area contributed by atoms with Crippen LogP contribution in [0, 0.1) is 23.0 Å². The maximum absolute atomic E-state index is 14.9. The second-order valence-corrected chi connectivity index (χ2v) is 11.4. The first-order valence-corrected chi connectivity index (χ1v) is 13.7. The van der Waals surface area contributed by atoms with Gasteiger partial charge in [0, 0.05) is 50.5 Å². The minimum absolute atomic E-state index is 0.0337. The topological polar surface area (TPSA) is 111 Å². The molecule has 4 N–H and O–H groups in total. The van der Waals surface area contributed by atoms with E-state index in [1.165, 1.54) is 17.9 Å². The number of alkyl halides is 1. The molecule has 1 saturated heterocycles. The number of aliphatic hydroxyl groups is 2. The lowest BCUT2D eigenvalue weighted by atomic mass is 9.79. The molecule has 4 rings (SSSR count). The Balaban J connectivity index is 1.93. The van der Waals surface area contributed by atoms with Crippen molar-refractivity contribution in [3.63, 3.8) is 0 Å². The number of carbonyl (C=O) groups is 1. The molecule has 222 valence electrons. The molecule has 1 amide bonds. The molecule has 0 saturated carbocycles. The standard InChI is InChI=1S/C30H37F3N4O4/c1-18(39)29(41)37(16-20-13-34-14-25(20)33)27(30(2,3)9-10-38)28-35-26(23-12-21(31)7-8-24(23)32)17-36(28)15-19-5-4-6-22(40)11-19/h4-8,11-12,17-18,20,25,27,34,38-40H,9-10,13-16H2,1-3H3/t18-,20-,25-,27-/m0/s1. The van der Waals surface area contributed by atoms with Crippen molar-refractivity contribution in [2.45, 2.75) is 52.1 Å². The Hall–Kier alpha value is -3.41. The van der Waals surface area contributed by atoms with Crippen molar-refractivity contribution in [2.24, 2.45) is 11.3 Å². The Morgan fingerprint density at radius 3 is 2.61 bits per heavy atom. The van der Waals surface area contributed by atoms with Crippen LogP contribution >= 0.6 is 0 Å². The van der Waals surface area contributed by atoms with E-state index in [1.807, 2.05) is 13.8 Å². The largest absolute Gasteiger partial charge is 0.508 e. The number of halogens is 3. The molecule has 2 heterocycles. The second-order valence-electron chi connectivity index (χ2n) is 11.4. The molecule has 0 unspecified atom stereocenters. The minimum Gasteiger partial charge on any atom is -0.508 e. The van der Waals surface area contributed by atoms with E-state index in [0.29, 0.717) is 12.1 Å². The zero-order valence-corrected chi connectivity index (χ0v) is 23.4. The van der Waals surface area contributed by atoms with Crippen LogP contribution in [0.5, 0.6) is 5.75 Å². The molecular weight excluding hydrogens is 537 g/mol. The molecule has 2 aromatic carbocycles. The fraction of sp³-hybridized carbons (Fsp3) is 0.467. The van der Waals surface area contributed by atoms with Crippen molar-refractivity contribution in [3.8, 4) is 17.0 Å². The van der Waals surface area contributed by atoms with Gasteiger partial charge in [-0.15, -0.1) is 0 Å². The van der Waals surface area contributed by atoms with Crippen LogP contribution in [0.15, 0.2) is 48.7 Å². The van der Waals surface area contributed by atoms with Crippen LogP contribution < -0.4 is 5.32 Å². The average Bonchev–Trinajstić information content (AvgIpc) is 3.50. The highest BCUT2D eigenvalue weighted by Crippen LogP contribution is 2.43. The molecule has 4 atom stereocenters. The molecule has 11 heteroatoms. The Labute approximate surface area is 237 Å². The molecule has 0 aliphatic carbocycles. The lowest BCUT2D eigenvalue weighted by Gasteiger charge is -2.43. The molecule has 0 spiro atoms. The number of phenolic OH excluding ortho intramolecular Hbond substituents is 1. The second kappa shape index (κ2) is 12.6. The molecule has 3 aromatic rings. The number of phenols is 1. The predicted molar refractivity (Wildman–Crippen MR) is 148 cm³/mol. The number of benzene rings is 2. The predicted octanol–water partition coefficient (Wildman–Crippen LogP) is 3.80. The summed E-state index contributed by atoms with van der Waals surface area (Å²) in [6.07, 6.45) is -0.875. The lowest BCUT2D eigenvalue weighted by molar-refractivity contribution is -0.146. The number of aliphatic hydroxyl groups excluding tert-OH is 2. The van der Waals surface area contributed by atoms with Crippen LogP contribution in [0.2, 0.25) is 0 Å². The van der Waals surface area contributed by atoms with E-state index in [2.05, 4.69) is 5.32 Å². The number of aromatic hydroxyl groups is 1. The van der Waals surface area contributed by atoms with Crippen molar-refractivity contribution in [2.75, 3.05) is 26.2 Å². The summed E-state index contributed by atoms with van der Waals surface area (Å²) in [6, 6.07) is 8.64. The van der Waals surface area contributed by atoms with Gasteiger partial charge >= 0.3 is 0 Å². The smallest absolute Gasteiger partial charge is 0.251 e. The van der Waals surface area contributed by atoms with Gasteiger partial charge < -0.3 is 30.1 Å². The van der Waals surface area contributed by atoms with E-state index in [0.717, 1.165) is 18.2 Å². The lowest BCUT2D eigenvalue weighted by Crippen LogP contribution is -2.50.